The van der Waals surface area contributed by atoms with Crippen LogP contribution in [0.25, 0.3) is 0 Å². The van der Waals surface area contributed by atoms with E-state index in [1.807, 2.05) is 19.4 Å². The topological polar surface area (TPSA) is 71.3 Å². The summed E-state index contributed by atoms with van der Waals surface area (Å²) >= 11 is 0. The van der Waals surface area contributed by atoms with Crippen LogP contribution in [0.5, 0.6) is 0 Å². The molecule has 0 aliphatic heterocycles. The Kier molecular flexibility index (Phi) is 8.28. The van der Waals surface area contributed by atoms with Crippen molar-refractivity contribution in [2.75, 3.05) is 18.8 Å². The number of rotatable bonds is 8. The lowest BCUT2D eigenvalue weighted by Gasteiger charge is -2.30. The van der Waals surface area contributed by atoms with E-state index in [1.54, 1.807) is 6.20 Å². The number of nitrogens with zero attached hydrogens (tertiary/aromatic N) is 3. The van der Waals surface area contributed by atoms with Crippen molar-refractivity contribution in [1.82, 2.24) is 20.2 Å². The molecule has 1 aromatic heterocycles. The van der Waals surface area contributed by atoms with Crippen LogP contribution < -0.4 is 10.6 Å². The number of imidazole rings is 1. The molecule has 0 spiro atoms. The summed E-state index contributed by atoms with van der Waals surface area (Å²) in [7, 11) is -0.686. The van der Waals surface area contributed by atoms with Crippen molar-refractivity contribution in [3.05, 3.63) is 18.7 Å². The molecule has 1 saturated carbocycles. The Morgan fingerprint density at radius 2 is 2.29 bits per heavy atom. The molecule has 6 nitrogen and oxygen atoms in total. The maximum absolute atomic E-state index is 12.1. The molecule has 1 aliphatic carbocycles. The predicted molar refractivity (Wildman–Crippen MR) is 101 cm³/mol. The second-order valence-corrected chi connectivity index (χ2v) is 8.22. The van der Waals surface area contributed by atoms with Crippen LogP contribution in [0, 0.1) is 0 Å². The summed E-state index contributed by atoms with van der Waals surface area (Å²) in [6, 6.07) is 0.380. The summed E-state index contributed by atoms with van der Waals surface area (Å²) < 4.78 is 14.1. The number of nitrogens with one attached hydrogen (secondary N) is 2. The molecule has 2 N–H and O–H groups in total. The number of hydrogen-bond acceptors (Lipinski definition) is 3. The molecule has 3 atom stereocenters. The van der Waals surface area contributed by atoms with E-state index >= 15 is 0 Å². The largest absolute Gasteiger partial charge is 0.357 e. The number of guanidine groups is 1. The van der Waals surface area contributed by atoms with Crippen LogP contribution in [0.1, 0.15) is 46.0 Å². The minimum Gasteiger partial charge on any atom is -0.357 e. The highest BCUT2D eigenvalue weighted by Crippen LogP contribution is 2.22. The van der Waals surface area contributed by atoms with Crippen LogP contribution in [0.2, 0.25) is 0 Å². The fourth-order valence-electron chi connectivity index (χ4n) is 3.13. The Balaban J connectivity index is 1.80. The average molecular weight is 354 g/mol. The molecule has 1 aromatic rings. The molecular formula is C17H31N5OS. The van der Waals surface area contributed by atoms with Crippen molar-refractivity contribution < 1.29 is 4.21 Å². The van der Waals surface area contributed by atoms with E-state index in [0.29, 0.717) is 11.3 Å². The standard InChI is InChI=1S/C17H31N5OS/c1-3-19-17(20-9-6-11-22-12-10-18-14-22)21-15-7-5-8-16(13-15)24(23)4-2/h10,12,14-16H,3-9,11,13H2,1-2H3,(H2,19,20,21). The SMILES string of the molecule is CCNC(=NCCCn1ccnc1)NC1CCCC(S(=O)CC)C1. The van der Waals surface area contributed by atoms with Crippen molar-refractivity contribution in [3.8, 4) is 0 Å². The lowest BCUT2D eigenvalue weighted by molar-refractivity contribution is 0.413. The molecule has 1 aliphatic rings. The van der Waals surface area contributed by atoms with Crippen molar-refractivity contribution >= 4 is 16.8 Å². The van der Waals surface area contributed by atoms with Gasteiger partial charge in [0, 0.05) is 59.9 Å². The first kappa shape index (κ1) is 19.0. The summed E-state index contributed by atoms with van der Waals surface area (Å²) in [6.07, 6.45) is 11.0. The van der Waals surface area contributed by atoms with Gasteiger partial charge in [0.25, 0.3) is 0 Å². The molecule has 0 bridgehead atoms. The van der Waals surface area contributed by atoms with Gasteiger partial charge in [0.05, 0.1) is 6.33 Å². The van der Waals surface area contributed by atoms with Gasteiger partial charge in [-0.1, -0.05) is 13.3 Å². The normalized spacial score (nSPS) is 23.0. The monoisotopic (exact) mass is 353 g/mol. The first-order valence-electron chi connectivity index (χ1n) is 9.10. The summed E-state index contributed by atoms with van der Waals surface area (Å²) in [5.41, 5.74) is 0. The van der Waals surface area contributed by atoms with Gasteiger partial charge in [-0.25, -0.2) is 4.98 Å². The van der Waals surface area contributed by atoms with E-state index in [9.17, 15) is 4.21 Å². The van der Waals surface area contributed by atoms with Crippen LogP contribution in [-0.2, 0) is 17.3 Å². The number of aliphatic imine (C=N–C) groups is 1. The third kappa shape index (κ3) is 6.26. The zero-order valence-electron chi connectivity index (χ0n) is 14.9. The van der Waals surface area contributed by atoms with Crippen LogP contribution in [-0.4, -0.2) is 49.9 Å². The highest BCUT2D eigenvalue weighted by atomic mass is 32.2. The fourth-order valence-corrected chi connectivity index (χ4v) is 4.47. The third-order valence-corrected chi connectivity index (χ3v) is 6.11. The van der Waals surface area contributed by atoms with Crippen molar-refractivity contribution in [3.63, 3.8) is 0 Å². The van der Waals surface area contributed by atoms with E-state index < -0.39 is 10.8 Å². The third-order valence-electron chi connectivity index (χ3n) is 4.37. The van der Waals surface area contributed by atoms with E-state index in [-0.39, 0.29) is 0 Å². The van der Waals surface area contributed by atoms with Gasteiger partial charge in [-0.3, -0.25) is 9.20 Å². The van der Waals surface area contributed by atoms with Crippen LogP contribution >= 0.6 is 0 Å². The van der Waals surface area contributed by atoms with E-state index in [2.05, 4.69) is 32.1 Å². The predicted octanol–water partition coefficient (Wildman–Crippen LogP) is 1.91. The van der Waals surface area contributed by atoms with Crippen LogP contribution in [0.4, 0.5) is 0 Å². The van der Waals surface area contributed by atoms with Gasteiger partial charge < -0.3 is 15.2 Å². The molecular weight excluding hydrogens is 322 g/mol. The molecule has 24 heavy (non-hydrogen) atoms. The maximum atomic E-state index is 12.1. The van der Waals surface area contributed by atoms with Gasteiger partial charge in [0.1, 0.15) is 0 Å². The molecule has 1 heterocycles. The zero-order valence-corrected chi connectivity index (χ0v) is 15.7. The summed E-state index contributed by atoms with van der Waals surface area (Å²) in [5, 5.41) is 7.21. The summed E-state index contributed by atoms with van der Waals surface area (Å²) in [4.78, 5) is 8.73. The molecule has 0 amide bonds. The van der Waals surface area contributed by atoms with Crippen molar-refractivity contribution in [2.45, 2.75) is 63.8 Å². The zero-order chi connectivity index (χ0) is 17.2. The average Bonchev–Trinajstić information content (AvgIpc) is 3.12. The Morgan fingerprint density at radius 3 is 3.00 bits per heavy atom. The van der Waals surface area contributed by atoms with Gasteiger partial charge in [-0.05, 0) is 32.6 Å². The molecule has 0 aromatic carbocycles. The second-order valence-electron chi connectivity index (χ2n) is 6.21. The highest BCUT2D eigenvalue weighted by Gasteiger charge is 2.25. The summed E-state index contributed by atoms with van der Waals surface area (Å²) in [6.45, 7) is 6.66. The highest BCUT2D eigenvalue weighted by molar-refractivity contribution is 7.85. The molecule has 0 saturated heterocycles. The lowest BCUT2D eigenvalue weighted by atomic mass is 9.95. The Hall–Kier alpha value is -1.37. The van der Waals surface area contributed by atoms with Gasteiger partial charge in [-0.15, -0.1) is 0 Å². The van der Waals surface area contributed by atoms with E-state index in [4.69, 9.17) is 0 Å². The molecule has 2 rings (SSSR count). The van der Waals surface area contributed by atoms with Gasteiger partial charge >= 0.3 is 0 Å². The summed E-state index contributed by atoms with van der Waals surface area (Å²) in [5.74, 6) is 1.65. The van der Waals surface area contributed by atoms with Gasteiger partial charge in [0.15, 0.2) is 5.96 Å². The molecule has 1 fully saturated rings. The lowest BCUT2D eigenvalue weighted by Crippen LogP contribution is -2.46. The van der Waals surface area contributed by atoms with Crippen LogP contribution in [0.3, 0.4) is 0 Å². The fraction of sp³-hybridized carbons (Fsp3) is 0.765. The smallest absolute Gasteiger partial charge is 0.191 e. The van der Waals surface area contributed by atoms with E-state index in [0.717, 1.165) is 63.5 Å². The first-order valence-corrected chi connectivity index (χ1v) is 10.5. The van der Waals surface area contributed by atoms with E-state index in [1.165, 1.54) is 0 Å². The Morgan fingerprint density at radius 1 is 1.42 bits per heavy atom. The molecule has 7 heteroatoms. The quantitative estimate of drug-likeness (QED) is 0.425. The Labute approximate surface area is 148 Å². The number of hydrogen-bond donors (Lipinski definition) is 2. The minimum absolute atomic E-state index is 0.338. The van der Waals surface area contributed by atoms with Crippen molar-refractivity contribution in [1.29, 1.82) is 0 Å². The molecule has 0 radical (unpaired) electrons. The first-order chi connectivity index (χ1) is 11.7. The maximum Gasteiger partial charge on any atom is 0.191 e. The number of aromatic nitrogens is 2. The molecule has 3 unspecified atom stereocenters. The van der Waals surface area contributed by atoms with Crippen molar-refractivity contribution in [2.24, 2.45) is 4.99 Å². The van der Waals surface area contributed by atoms with Gasteiger partial charge in [0.2, 0.25) is 0 Å². The Bertz CT molecular complexity index is 517. The minimum atomic E-state index is -0.686. The molecule has 136 valence electrons. The second kappa shape index (κ2) is 10.5. The van der Waals surface area contributed by atoms with Gasteiger partial charge in [-0.2, -0.15) is 0 Å². The van der Waals surface area contributed by atoms with Crippen LogP contribution in [0.15, 0.2) is 23.7 Å². The number of aryl methyl sites for hydroxylation is 1.